The summed E-state index contributed by atoms with van der Waals surface area (Å²) in [6.07, 6.45) is 2.36. The molecule has 0 fully saturated rings. The first-order valence-electron chi connectivity index (χ1n) is 10.8. The van der Waals surface area contributed by atoms with Gasteiger partial charge in [-0.2, -0.15) is 9.61 Å². The lowest BCUT2D eigenvalue weighted by atomic mass is 10.1. The molecule has 5 aromatic rings. The van der Waals surface area contributed by atoms with Crippen LogP contribution < -0.4 is 16.2 Å². The first kappa shape index (κ1) is 23.7. The maximum absolute atomic E-state index is 14.9. The number of anilines is 1. The molecule has 0 saturated heterocycles. The average Bonchev–Trinajstić information content (AvgIpc) is 3.32. The molecule has 186 valence electrons. The highest BCUT2D eigenvalue weighted by atomic mass is 19.1. The summed E-state index contributed by atoms with van der Waals surface area (Å²) >= 11 is 0. The van der Waals surface area contributed by atoms with E-state index in [-0.39, 0.29) is 40.3 Å². The standard InChI is InChI=1S/C24H16F3N7O3/c1-28-23(36)12-7-15(26)21(16(27)8-12)17-9-20-33(11-19(35)31-18-5-4-13(25)10-30-18)22-14(3-2-6-29-22)24(37)34(20)32-17/h2-10H,11H2,1H3,(H,28,36)(H,30,31,35). The number of nitrogens with zero attached hydrogens (tertiary/aromatic N) is 5. The van der Waals surface area contributed by atoms with Crippen molar-refractivity contribution in [1.29, 1.82) is 0 Å². The van der Waals surface area contributed by atoms with Crippen LogP contribution in [0.5, 0.6) is 0 Å². The lowest BCUT2D eigenvalue weighted by Crippen LogP contribution is -2.25. The number of amides is 2. The maximum Gasteiger partial charge on any atom is 0.283 e. The van der Waals surface area contributed by atoms with Crippen LogP contribution in [0.15, 0.2) is 59.7 Å². The lowest BCUT2D eigenvalue weighted by molar-refractivity contribution is -0.116. The highest BCUT2D eigenvalue weighted by molar-refractivity contribution is 5.94. The second-order valence-corrected chi connectivity index (χ2v) is 7.87. The summed E-state index contributed by atoms with van der Waals surface area (Å²) < 4.78 is 45.2. The largest absolute Gasteiger partial charge is 0.355 e. The summed E-state index contributed by atoms with van der Waals surface area (Å²) in [6.45, 7) is -0.387. The minimum absolute atomic E-state index is 0.0302. The maximum atomic E-state index is 14.9. The number of rotatable bonds is 5. The minimum atomic E-state index is -1.07. The van der Waals surface area contributed by atoms with Crippen molar-refractivity contribution in [2.45, 2.75) is 6.54 Å². The predicted octanol–water partition coefficient (Wildman–Crippen LogP) is 2.52. The molecule has 0 unspecified atom stereocenters. The zero-order chi connectivity index (χ0) is 26.3. The molecule has 2 N–H and O–H groups in total. The van der Waals surface area contributed by atoms with Crippen LogP contribution in [-0.2, 0) is 11.3 Å². The Balaban J connectivity index is 1.65. The van der Waals surface area contributed by atoms with Crippen LogP contribution >= 0.6 is 0 Å². The van der Waals surface area contributed by atoms with Gasteiger partial charge in [0.05, 0.1) is 17.1 Å². The molecular formula is C24H16F3N7O3. The molecule has 0 radical (unpaired) electrons. The summed E-state index contributed by atoms with van der Waals surface area (Å²) in [7, 11) is 1.32. The fourth-order valence-corrected chi connectivity index (χ4v) is 3.86. The number of aromatic nitrogens is 5. The van der Waals surface area contributed by atoms with Crippen LogP contribution in [0.1, 0.15) is 10.4 Å². The van der Waals surface area contributed by atoms with Gasteiger partial charge in [0.25, 0.3) is 11.5 Å². The van der Waals surface area contributed by atoms with Crippen LogP contribution in [0, 0.1) is 17.5 Å². The van der Waals surface area contributed by atoms with E-state index in [0.29, 0.717) is 0 Å². The second kappa shape index (κ2) is 9.18. The lowest BCUT2D eigenvalue weighted by Gasteiger charge is -2.12. The Hall–Kier alpha value is -5.07. The molecule has 0 aliphatic rings. The molecule has 0 spiro atoms. The van der Waals surface area contributed by atoms with E-state index in [4.69, 9.17) is 0 Å². The van der Waals surface area contributed by atoms with E-state index >= 15 is 0 Å². The zero-order valence-electron chi connectivity index (χ0n) is 19.0. The number of hydrogen-bond donors (Lipinski definition) is 2. The monoisotopic (exact) mass is 507 g/mol. The molecule has 5 rings (SSSR count). The van der Waals surface area contributed by atoms with Gasteiger partial charge in [-0.15, -0.1) is 0 Å². The Morgan fingerprint density at radius 3 is 2.46 bits per heavy atom. The Kier molecular flexibility index (Phi) is 5.87. The summed E-state index contributed by atoms with van der Waals surface area (Å²) in [5, 5.41) is 9.00. The van der Waals surface area contributed by atoms with Gasteiger partial charge in [0.1, 0.15) is 46.8 Å². The highest BCUT2D eigenvalue weighted by Crippen LogP contribution is 2.28. The van der Waals surface area contributed by atoms with Crippen LogP contribution in [0.25, 0.3) is 27.9 Å². The van der Waals surface area contributed by atoms with Crippen LogP contribution in [0.3, 0.4) is 0 Å². The van der Waals surface area contributed by atoms with Crippen molar-refractivity contribution in [3.8, 4) is 11.3 Å². The first-order chi connectivity index (χ1) is 17.8. The van der Waals surface area contributed by atoms with Crippen molar-refractivity contribution < 1.29 is 22.8 Å². The highest BCUT2D eigenvalue weighted by Gasteiger charge is 2.22. The van der Waals surface area contributed by atoms with Gasteiger partial charge in [-0.1, -0.05) is 0 Å². The molecule has 0 saturated carbocycles. The molecule has 2 amide bonds. The summed E-state index contributed by atoms with van der Waals surface area (Å²) in [5.74, 6) is -3.89. The molecule has 4 heterocycles. The van der Waals surface area contributed by atoms with Gasteiger partial charge in [0.2, 0.25) is 5.91 Å². The van der Waals surface area contributed by atoms with E-state index in [0.717, 1.165) is 28.9 Å². The van der Waals surface area contributed by atoms with E-state index < -0.39 is 40.4 Å². The van der Waals surface area contributed by atoms with Gasteiger partial charge in [0, 0.05) is 24.9 Å². The van der Waals surface area contributed by atoms with Crippen LogP contribution in [0.2, 0.25) is 0 Å². The van der Waals surface area contributed by atoms with Gasteiger partial charge in [-0.05, 0) is 36.4 Å². The van der Waals surface area contributed by atoms with Crippen molar-refractivity contribution in [3.63, 3.8) is 0 Å². The van der Waals surface area contributed by atoms with E-state index in [1.54, 1.807) is 0 Å². The number of hydrogen-bond acceptors (Lipinski definition) is 6. The Labute approximate surface area is 205 Å². The molecule has 0 aliphatic heterocycles. The molecule has 0 atom stereocenters. The second-order valence-electron chi connectivity index (χ2n) is 7.87. The third-order valence-corrected chi connectivity index (χ3v) is 5.52. The number of halogens is 3. The summed E-state index contributed by atoms with van der Waals surface area (Å²) in [4.78, 5) is 45.7. The van der Waals surface area contributed by atoms with E-state index in [1.165, 1.54) is 42.1 Å². The number of pyridine rings is 2. The molecule has 4 aromatic heterocycles. The quantitative estimate of drug-likeness (QED) is 0.377. The Bertz CT molecular complexity index is 1740. The van der Waals surface area contributed by atoms with Gasteiger partial charge < -0.3 is 15.2 Å². The van der Waals surface area contributed by atoms with E-state index in [1.807, 2.05) is 0 Å². The molecule has 10 nitrogen and oxygen atoms in total. The third kappa shape index (κ3) is 4.26. The van der Waals surface area contributed by atoms with Gasteiger partial charge in [-0.25, -0.2) is 23.1 Å². The Morgan fingerprint density at radius 2 is 1.78 bits per heavy atom. The van der Waals surface area contributed by atoms with Gasteiger partial charge >= 0.3 is 0 Å². The van der Waals surface area contributed by atoms with Crippen molar-refractivity contribution in [2.24, 2.45) is 0 Å². The molecule has 37 heavy (non-hydrogen) atoms. The summed E-state index contributed by atoms with van der Waals surface area (Å²) in [6, 6.07) is 8.34. The normalized spacial score (nSPS) is 11.1. The zero-order valence-corrected chi connectivity index (χ0v) is 19.0. The third-order valence-electron chi connectivity index (χ3n) is 5.52. The first-order valence-corrected chi connectivity index (χ1v) is 10.8. The fourth-order valence-electron chi connectivity index (χ4n) is 3.86. The topological polar surface area (TPSA) is 123 Å². The SMILES string of the molecule is CNC(=O)c1cc(F)c(-c2cc3n(CC(=O)Nc4ccc(F)cn4)c4ncccc4c(=O)n3n2)c(F)c1. The van der Waals surface area contributed by atoms with Gasteiger partial charge in [-0.3, -0.25) is 14.4 Å². The van der Waals surface area contributed by atoms with Crippen molar-refractivity contribution in [1.82, 2.24) is 29.5 Å². The number of benzene rings is 1. The average molecular weight is 507 g/mol. The number of nitrogens with one attached hydrogen (secondary N) is 2. The Morgan fingerprint density at radius 1 is 1.03 bits per heavy atom. The number of carbonyl (C=O) groups excluding carboxylic acids is 2. The molecule has 0 bridgehead atoms. The number of carbonyl (C=O) groups is 2. The number of fused-ring (bicyclic) bond motifs is 2. The summed E-state index contributed by atoms with van der Waals surface area (Å²) in [5.41, 5.74) is -1.48. The predicted molar refractivity (Wildman–Crippen MR) is 126 cm³/mol. The van der Waals surface area contributed by atoms with Crippen LogP contribution in [0.4, 0.5) is 19.0 Å². The van der Waals surface area contributed by atoms with E-state index in [9.17, 15) is 27.6 Å². The smallest absolute Gasteiger partial charge is 0.283 e. The minimum Gasteiger partial charge on any atom is -0.355 e. The van der Waals surface area contributed by atoms with E-state index in [2.05, 4.69) is 25.7 Å². The molecule has 1 aromatic carbocycles. The fraction of sp³-hybridized carbons (Fsp3) is 0.0833. The van der Waals surface area contributed by atoms with Crippen molar-refractivity contribution >= 4 is 34.3 Å². The molecule has 13 heteroatoms. The van der Waals surface area contributed by atoms with Crippen molar-refractivity contribution in [2.75, 3.05) is 12.4 Å². The molecule has 0 aliphatic carbocycles. The van der Waals surface area contributed by atoms with Gasteiger partial charge in [0.15, 0.2) is 0 Å². The van der Waals surface area contributed by atoms with Crippen molar-refractivity contribution in [3.05, 3.63) is 88.2 Å². The van der Waals surface area contributed by atoms with Crippen LogP contribution in [-0.4, -0.2) is 43.0 Å². The molecular weight excluding hydrogens is 491 g/mol.